The molecule has 8 nitrogen and oxygen atoms in total. The molecule has 1 aromatic carbocycles. The van der Waals surface area contributed by atoms with Crippen LogP contribution in [0.3, 0.4) is 0 Å². The smallest absolute Gasteiger partial charge is 0.245 e. The zero-order chi connectivity index (χ0) is 27.5. The SMILES string of the molecule is COCC(=O)NC[C@H]1CC[C@H](c2nc(C3=Cc4nc(-c5ccccc5)ccc4CC=C3)c3c(N)nccn32)CC1. The summed E-state index contributed by atoms with van der Waals surface area (Å²) >= 11 is 0. The molecule has 204 valence electrons. The summed E-state index contributed by atoms with van der Waals surface area (Å²) < 4.78 is 7.05. The van der Waals surface area contributed by atoms with Gasteiger partial charge in [0.2, 0.25) is 5.91 Å². The summed E-state index contributed by atoms with van der Waals surface area (Å²) in [7, 11) is 1.54. The van der Waals surface area contributed by atoms with Gasteiger partial charge in [0.15, 0.2) is 0 Å². The molecule has 0 radical (unpaired) electrons. The van der Waals surface area contributed by atoms with Gasteiger partial charge in [-0.1, -0.05) is 48.6 Å². The van der Waals surface area contributed by atoms with E-state index in [0.29, 0.717) is 24.2 Å². The molecule has 0 unspecified atom stereocenters. The van der Waals surface area contributed by atoms with E-state index in [4.69, 9.17) is 20.4 Å². The van der Waals surface area contributed by atoms with Gasteiger partial charge in [0.05, 0.1) is 11.4 Å². The van der Waals surface area contributed by atoms with E-state index in [0.717, 1.165) is 71.7 Å². The summed E-state index contributed by atoms with van der Waals surface area (Å²) in [5, 5.41) is 2.99. The molecule has 3 heterocycles. The predicted octanol–water partition coefficient (Wildman–Crippen LogP) is 5.06. The number of nitrogens with one attached hydrogen (secondary N) is 1. The van der Waals surface area contributed by atoms with Crippen LogP contribution in [0.2, 0.25) is 0 Å². The highest BCUT2D eigenvalue weighted by molar-refractivity contribution is 5.95. The van der Waals surface area contributed by atoms with Gasteiger partial charge in [-0.25, -0.2) is 15.0 Å². The number of ether oxygens (including phenoxy) is 1. The average Bonchev–Trinajstić information content (AvgIpc) is 3.25. The molecule has 40 heavy (non-hydrogen) atoms. The van der Waals surface area contributed by atoms with E-state index >= 15 is 0 Å². The van der Waals surface area contributed by atoms with Crippen molar-refractivity contribution in [1.29, 1.82) is 0 Å². The number of fused-ring (bicyclic) bond motifs is 2. The Kier molecular flexibility index (Phi) is 7.42. The first-order valence-electron chi connectivity index (χ1n) is 13.9. The van der Waals surface area contributed by atoms with Crippen molar-refractivity contribution in [2.24, 2.45) is 5.92 Å². The molecule has 1 saturated carbocycles. The third-order valence-corrected chi connectivity index (χ3v) is 7.97. The quantitative estimate of drug-likeness (QED) is 0.343. The van der Waals surface area contributed by atoms with Crippen LogP contribution in [0.5, 0.6) is 0 Å². The minimum atomic E-state index is -0.0619. The first kappa shape index (κ1) is 26.0. The van der Waals surface area contributed by atoms with Gasteiger partial charge in [-0.2, -0.15) is 0 Å². The molecule has 1 fully saturated rings. The highest BCUT2D eigenvalue weighted by Gasteiger charge is 2.28. The first-order chi connectivity index (χ1) is 19.6. The number of allylic oxidation sites excluding steroid dienone is 3. The number of methoxy groups -OCH3 is 1. The standard InChI is InChI=1S/C32H34N6O2/c1-40-20-28(39)35-19-21-10-12-24(13-11-21)32-37-29(30-31(33)34-16-17-38(30)32)25-9-5-8-23-14-15-26(36-27(23)18-25)22-6-3-2-4-7-22/h2-7,9,14-18,21,24H,8,10-13,19-20H2,1H3,(H2,33,34)(H,35,39)/t21-,24-. The number of carbonyl (C=O) groups is 1. The van der Waals surface area contributed by atoms with Crippen LogP contribution < -0.4 is 11.1 Å². The summed E-state index contributed by atoms with van der Waals surface area (Å²) in [5.74, 6) is 2.19. The number of benzene rings is 1. The van der Waals surface area contributed by atoms with Gasteiger partial charge in [0.25, 0.3) is 0 Å². The number of nitrogen functional groups attached to an aromatic ring is 1. The van der Waals surface area contributed by atoms with Crippen molar-refractivity contribution >= 4 is 28.9 Å². The molecule has 0 atom stereocenters. The van der Waals surface area contributed by atoms with Gasteiger partial charge in [0.1, 0.15) is 29.5 Å². The molecule has 0 spiro atoms. The molecule has 4 aromatic rings. The maximum absolute atomic E-state index is 11.8. The topological polar surface area (TPSA) is 107 Å². The van der Waals surface area contributed by atoms with Crippen LogP contribution in [0, 0.1) is 5.92 Å². The van der Waals surface area contributed by atoms with Crippen LogP contribution in [0.1, 0.15) is 54.4 Å². The maximum Gasteiger partial charge on any atom is 0.245 e. The molecule has 1 amide bonds. The zero-order valence-corrected chi connectivity index (χ0v) is 22.7. The van der Waals surface area contributed by atoms with Crippen molar-refractivity contribution in [2.75, 3.05) is 26.0 Å². The Balaban J connectivity index is 1.31. The highest BCUT2D eigenvalue weighted by Crippen LogP contribution is 2.38. The monoisotopic (exact) mass is 534 g/mol. The number of nitrogens with zero attached hydrogens (tertiary/aromatic N) is 4. The Morgan fingerprint density at radius 1 is 1.10 bits per heavy atom. The van der Waals surface area contributed by atoms with Crippen molar-refractivity contribution in [2.45, 2.75) is 38.0 Å². The molecule has 3 aromatic heterocycles. The van der Waals surface area contributed by atoms with Crippen LogP contribution in [-0.4, -0.2) is 45.5 Å². The lowest BCUT2D eigenvalue weighted by Crippen LogP contribution is -2.33. The van der Waals surface area contributed by atoms with E-state index in [1.165, 1.54) is 12.7 Å². The van der Waals surface area contributed by atoms with Crippen LogP contribution in [-0.2, 0) is 16.0 Å². The van der Waals surface area contributed by atoms with E-state index in [2.05, 4.69) is 57.2 Å². The average molecular weight is 535 g/mol. The highest BCUT2D eigenvalue weighted by atomic mass is 16.5. The molecule has 2 aliphatic rings. The van der Waals surface area contributed by atoms with Crippen molar-refractivity contribution in [1.82, 2.24) is 24.7 Å². The van der Waals surface area contributed by atoms with E-state index in [-0.39, 0.29) is 12.5 Å². The number of amides is 1. The molecule has 0 saturated heterocycles. The first-order valence-corrected chi connectivity index (χ1v) is 13.9. The molecule has 6 rings (SSSR count). The van der Waals surface area contributed by atoms with Crippen molar-refractivity contribution in [3.05, 3.63) is 89.8 Å². The van der Waals surface area contributed by atoms with Crippen LogP contribution >= 0.6 is 0 Å². The molecular formula is C32H34N6O2. The number of aromatic nitrogens is 4. The lowest BCUT2D eigenvalue weighted by atomic mass is 9.81. The molecule has 0 aliphatic heterocycles. The van der Waals surface area contributed by atoms with Crippen LogP contribution in [0.4, 0.5) is 5.82 Å². The summed E-state index contributed by atoms with van der Waals surface area (Å²) in [5.41, 5.74) is 13.3. The van der Waals surface area contributed by atoms with Gasteiger partial charge in [0, 0.05) is 43.1 Å². The summed E-state index contributed by atoms with van der Waals surface area (Å²) in [6, 6.07) is 14.5. The zero-order valence-electron chi connectivity index (χ0n) is 22.7. The third kappa shape index (κ3) is 5.27. The number of anilines is 1. The molecule has 3 N–H and O–H groups in total. The third-order valence-electron chi connectivity index (χ3n) is 7.97. The Morgan fingerprint density at radius 2 is 1.93 bits per heavy atom. The van der Waals surface area contributed by atoms with Gasteiger partial charge >= 0.3 is 0 Å². The van der Waals surface area contributed by atoms with Gasteiger partial charge < -0.3 is 15.8 Å². The van der Waals surface area contributed by atoms with E-state index in [1.54, 1.807) is 6.20 Å². The lowest BCUT2D eigenvalue weighted by Gasteiger charge is -2.28. The number of hydrogen-bond acceptors (Lipinski definition) is 6. The lowest BCUT2D eigenvalue weighted by molar-refractivity contribution is -0.124. The van der Waals surface area contributed by atoms with E-state index < -0.39 is 0 Å². The summed E-state index contributed by atoms with van der Waals surface area (Å²) in [4.78, 5) is 26.5. The van der Waals surface area contributed by atoms with Crippen molar-refractivity contribution in [3.8, 4) is 11.3 Å². The fourth-order valence-electron chi connectivity index (χ4n) is 5.87. The van der Waals surface area contributed by atoms with E-state index in [1.807, 2.05) is 24.4 Å². The number of imidazole rings is 1. The number of rotatable bonds is 7. The Morgan fingerprint density at radius 3 is 2.73 bits per heavy atom. The molecule has 2 aliphatic carbocycles. The minimum absolute atomic E-state index is 0.0619. The second-order valence-corrected chi connectivity index (χ2v) is 10.6. The Hall–Kier alpha value is -4.30. The Bertz CT molecular complexity index is 1580. The molecule has 0 bridgehead atoms. The van der Waals surface area contributed by atoms with E-state index in [9.17, 15) is 4.79 Å². The second-order valence-electron chi connectivity index (χ2n) is 10.6. The maximum atomic E-state index is 11.8. The molecular weight excluding hydrogens is 500 g/mol. The van der Waals surface area contributed by atoms with Gasteiger partial charge in [-0.05, 0) is 55.7 Å². The summed E-state index contributed by atoms with van der Waals surface area (Å²) in [6.45, 7) is 0.792. The number of nitrogens with two attached hydrogens (primary N) is 1. The summed E-state index contributed by atoms with van der Waals surface area (Å²) in [6.07, 6.45) is 15.0. The van der Waals surface area contributed by atoms with Crippen LogP contribution in [0.15, 0.2) is 67.0 Å². The molecule has 8 heteroatoms. The van der Waals surface area contributed by atoms with Gasteiger partial charge in [-0.15, -0.1) is 0 Å². The number of carbonyl (C=O) groups excluding carboxylic acids is 1. The predicted molar refractivity (Wildman–Crippen MR) is 157 cm³/mol. The largest absolute Gasteiger partial charge is 0.382 e. The number of pyridine rings is 1. The minimum Gasteiger partial charge on any atom is -0.382 e. The normalized spacial score (nSPS) is 18.7. The fraction of sp³-hybridized carbons (Fsp3) is 0.312. The van der Waals surface area contributed by atoms with Crippen LogP contribution in [0.25, 0.3) is 28.4 Å². The van der Waals surface area contributed by atoms with Gasteiger partial charge in [-0.3, -0.25) is 9.20 Å². The number of hydrogen-bond donors (Lipinski definition) is 2. The fourth-order valence-corrected chi connectivity index (χ4v) is 5.87. The van der Waals surface area contributed by atoms with Crippen molar-refractivity contribution < 1.29 is 9.53 Å². The Labute approximate surface area is 234 Å². The van der Waals surface area contributed by atoms with Crippen molar-refractivity contribution in [3.63, 3.8) is 0 Å². The second kappa shape index (κ2) is 11.4.